The fourth-order valence-electron chi connectivity index (χ4n) is 1.37. The molecule has 0 amide bonds. The molecule has 2 aromatic rings. The predicted octanol–water partition coefficient (Wildman–Crippen LogP) is 4.12. The maximum Gasteiger partial charge on any atom is 0.0484 e. The minimum absolute atomic E-state index is 0.782. The van der Waals surface area contributed by atoms with Crippen LogP contribution in [0.4, 0.5) is 0 Å². The molecule has 0 unspecified atom stereocenters. The molecule has 0 saturated carbocycles. The molecule has 0 aromatic heterocycles. The monoisotopic (exact) mass is 201 g/mol. The van der Waals surface area contributed by atoms with Crippen molar-refractivity contribution in [3.8, 4) is 11.1 Å². The highest BCUT2D eigenvalue weighted by molar-refractivity contribution is 6.33. The summed E-state index contributed by atoms with van der Waals surface area (Å²) in [5.41, 5.74) is 3.31. The van der Waals surface area contributed by atoms with E-state index in [-0.39, 0.29) is 0 Å². The van der Waals surface area contributed by atoms with E-state index in [1.165, 1.54) is 0 Å². The van der Waals surface area contributed by atoms with Crippen LogP contribution in [0.3, 0.4) is 0 Å². The summed E-state index contributed by atoms with van der Waals surface area (Å²) in [6.07, 6.45) is 0. The third-order valence-electron chi connectivity index (χ3n) is 2.15. The zero-order chi connectivity index (χ0) is 9.97. The summed E-state index contributed by atoms with van der Waals surface area (Å²) in [6, 6.07) is 17.1. The van der Waals surface area contributed by atoms with Crippen LogP contribution in [-0.2, 0) is 0 Å². The minimum Gasteiger partial charge on any atom is -0.0837 e. The lowest BCUT2D eigenvalue weighted by Crippen LogP contribution is -1.79. The number of hydrogen-bond donors (Lipinski definition) is 0. The van der Waals surface area contributed by atoms with E-state index in [1.807, 2.05) is 43.3 Å². The number of hydrogen-bond acceptors (Lipinski definition) is 0. The summed E-state index contributed by atoms with van der Waals surface area (Å²) in [4.78, 5) is 0. The first-order valence-corrected chi connectivity index (χ1v) is 4.88. The van der Waals surface area contributed by atoms with Gasteiger partial charge in [-0.15, -0.1) is 0 Å². The fraction of sp³-hybridized carbons (Fsp3) is 0.0769. The second-order valence-corrected chi connectivity index (χ2v) is 3.65. The Labute approximate surface area is 89.2 Å². The maximum absolute atomic E-state index is 6.08. The van der Waals surface area contributed by atoms with Gasteiger partial charge in [-0.3, -0.25) is 0 Å². The normalized spacial score (nSPS) is 10.1. The van der Waals surface area contributed by atoms with E-state index in [9.17, 15) is 0 Å². The zero-order valence-corrected chi connectivity index (χ0v) is 8.68. The predicted molar refractivity (Wildman–Crippen MR) is 60.5 cm³/mol. The van der Waals surface area contributed by atoms with E-state index >= 15 is 0 Å². The molecule has 14 heavy (non-hydrogen) atoms. The molecule has 0 aliphatic heterocycles. The first-order valence-electron chi connectivity index (χ1n) is 4.50. The van der Waals surface area contributed by atoms with E-state index in [1.54, 1.807) is 0 Å². The lowest BCUT2D eigenvalue weighted by molar-refractivity contribution is 1.46. The van der Waals surface area contributed by atoms with Crippen LogP contribution >= 0.6 is 11.6 Å². The van der Waals surface area contributed by atoms with Crippen LogP contribution in [0.15, 0.2) is 42.5 Å². The molecule has 0 aliphatic rings. The Hall–Kier alpha value is -1.27. The van der Waals surface area contributed by atoms with Crippen molar-refractivity contribution < 1.29 is 0 Å². The van der Waals surface area contributed by atoms with Gasteiger partial charge in [0.25, 0.3) is 0 Å². The molecule has 0 fully saturated rings. The van der Waals surface area contributed by atoms with Gasteiger partial charge < -0.3 is 0 Å². The third kappa shape index (κ3) is 1.80. The van der Waals surface area contributed by atoms with Gasteiger partial charge in [-0.05, 0) is 36.2 Å². The molecule has 1 radical (unpaired) electrons. The molecule has 0 aliphatic carbocycles. The molecule has 1 heteroatoms. The van der Waals surface area contributed by atoms with Crippen molar-refractivity contribution in [3.63, 3.8) is 0 Å². The standard InChI is InChI=1S/C13H10Cl/c1-10-6-8-11(9-7-10)12-4-2-3-5-13(12)14/h2-6,8-9H,1H3. The summed E-state index contributed by atoms with van der Waals surface area (Å²) >= 11 is 6.08. The molecule has 69 valence electrons. The van der Waals surface area contributed by atoms with Crippen LogP contribution in [0.25, 0.3) is 11.1 Å². The molecule has 0 N–H and O–H groups in total. The Morgan fingerprint density at radius 2 is 1.86 bits per heavy atom. The summed E-state index contributed by atoms with van der Waals surface area (Å²) in [6.45, 7) is 2.02. The number of benzene rings is 2. The molecule has 0 heterocycles. The molecule has 0 bridgehead atoms. The first-order chi connectivity index (χ1) is 6.77. The van der Waals surface area contributed by atoms with Crippen LogP contribution in [-0.4, -0.2) is 0 Å². The average Bonchev–Trinajstić information content (AvgIpc) is 2.20. The van der Waals surface area contributed by atoms with E-state index in [0.717, 1.165) is 21.7 Å². The van der Waals surface area contributed by atoms with Crippen molar-refractivity contribution in [1.29, 1.82) is 0 Å². The second-order valence-electron chi connectivity index (χ2n) is 3.24. The van der Waals surface area contributed by atoms with Crippen LogP contribution in [0, 0.1) is 13.0 Å². The lowest BCUT2D eigenvalue weighted by Gasteiger charge is -2.03. The van der Waals surface area contributed by atoms with Gasteiger partial charge in [0.1, 0.15) is 0 Å². The van der Waals surface area contributed by atoms with E-state index in [2.05, 4.69) is 12.1 Å². The quantitative estimate of drug-likeness (QED) is 0.651. The van der Waals surface area contributed by atoms with Gasteiger partial charge in [0.2, 0.25) is 0 Å². The molecule has 2 aromatic carbocycles. The van der Waals surface area contributed by atoms with E-state index < -0.39 is 0 Å². The highest BCUT2D eigenvalue weighted by atomic mass is 35.5. The summed E-state index contributed by atoms with van der Waals surface area (Å²) in [5, 5.41) is 0.782. The maximum atomic E-state index is 6.08. The highest BCUT2D eigenvalue weighted by Gasteiger charge is 2.00. The largest absolute Gasteiger partial charge is 0.0837 e. The minimum atomic E-state index is 0.782. The van der Waals surface area contributed by atoms with Crippen LogP contribution in [0.5, 0.6) is 0 Å². The van der Waals surface area contributed by atoms with Gasteiger partial charge in [-0.25, -0.2) is 0 Å². The Balaban J connectivity index is 2.50. The topological polar surface area (TPSA) is 0 Å². The summed E-state index contributed by atoms with van der Waals surface area (Å²) < 4.78 is 0. The van der Waals surface area contributed by atoms with Gasteiger partial charge in [-0.2, -0.15) is 0 Å². The Morgan fingerprint density at radius 1 is 1.07 bits per heavy atom. The highest BCUT2D eigenvalue weighted by Crippen LogP contribution is 2.27. The average molecular weight is 202 g/mol. The Kier molecular flexibility index (Phi) is 2.55. The zero-order valence-electron chi connectivity index (χ0n) is 7.92. The number of halogens is 1. The number of rotatable bonds is 1. The van der Waals surface area contributed by atoms with Crippen molar-refractivity contribution >= 4 is 11.6 Å². The molecule has 0 saturated heterocycles. The molecule has 2 rings (SSSR count). The van der Waals surface area contributed by atoms with Gasteiger partial charge in [-0.1, -0.05) is 41.9 Å². The van der Waals surface area contributed by atoms with Gasteiger partial charge in [0.15, 0.2) is 0 Å². The Bertz CT molecular complexity index is 429. The second kappa shape index (κ2) is 3.85. The SMILES string of the molecule is Cc1[c]cc(-c2ccccc2Cl)cc1. The molecule has 0 nitrogen and oxygen atoms in total. The summed E-state index contributed by atoms with van der Waals surface area (Å²) in [7, 11) is 0. The molecular formula is C13H10Cl. The first kappa shape index (κ1) is 9.29. The van der Waals surface area contributed by atoms with Gasteiger partial charge >= 0.3 is 0 Å². The van der Waals surface area contributed by atoms with Crippen molar-refractivity contribution in [2.75, 3.05) is 0 Å². The van der Waals surface area contributed by atoms with Gasteiger partial charge in [0.05, 0.1) is 0 Å². The lowest BCUT2D eigenvalue weighted by atomic mass is 10.0. The molecule has 0 atom stereocenters. The van der Waals surface area contributed by atoms with Crippen molar-refractivity contribution in [3.05, 3.63) is 59.1 Å². The molecular weight excluding hydrogens is 192 g/mol. The van der Waals surface area contributed by atoms with E-state index in [0.29, 0.717) is 0 Å². The van der Waals surface area contributed by atoms with Crippen LogP contribution < -0.4 is 0 Å². The van der Waals surface area contributed by atoms with Crippen LogP contribution in [0.1, 0.15) is 5.56 Å². The number of aryl methyl sites for hydroxylation is 1. The van der Waals surface area contributed by atoms with Crippen molar-refractivity contribution in [2.24, 2.45) is 0 Å². The third-order valence-corrected chi connectivity index (χ3v) is 2.48. The van der Waals surface area contributed by atoms with Crippen molar-refractivity contribution in [1.82, 2.24) is 0 Å². The van der Waals surface area contributed by atoms with E-state index in [4.69, 9.17) is 11.6 Å². The van der Waals surface area contributed by atoms with Crippen molar-refractivity contribution in [2.45, 2.75) is 6.92 Å². The Morgan fingerprint density at radius 3 is 2.50 bits per heavy atom. The smallest absolute Gasteiger partial charge is 0.0484 e. The van der Waals surface area contributed by atoms with Gasteiger partial charge in [0, 0.05) is 10.6 Å². The molecule has 0 spiro atoms. The fourth-order valence-corrected chi connectivity index (χ4v) is 1.61. The summed E-state index contributed by atoms with van der Waals surface area (Å²) in [5.74, 6) is 0. The van der Waals surface area contributed by atoms with Crippen LogP contribution in [0.2, 0.25) is 5.02 Å².